The van der Waals surface area contributed by atoms with Crippen LogP contribution in [0.3, 0.4) is 0 Å². The second-order valence-electron chi connectivity index (χ2n) is 8.48. The Balaban J connectivity index is 1.39. The van der Waals surface area contributed by atoms with E-state index >= 15 is 0 Å². The first-order valence-corrected chi connectivity index (χ1v) is 11.6. The van der Waals surface area contributed by atoms with Gasteiger partial charge in [0.1, 0.15) is 5.82 Å². The molecule has 2 aliphatic heterocycles. The molecule has 1 fully saturated rings. The second-order valence-corrected chi connectivity index (χ2v) is 8.48. The van der Waals surface area contributed by atoms with Gasteiger partial charge in [-0.3, -0.25) is 9.78 Å². The van der Waals surface area contributed by atoms with Crippen molar-refractivity contribution in [2.24, 2.45) is 0 Å². The predicted molar refractivity (Wildman–Crippen MR) is 132 cm³/mol. The maximum atomic E-state index is 12.3. The summed E-state index contributed by atoms with van der Waals surface area (Å²) < 4.78 is 5.53. The van der Waals surface area contributed by atoms with Crippen molar-refractivity contribution in [1.82, 2.24) is 19.9 Å². The van der Waals surface area contributed by atoms with Crippen LogP contribution in [0.5, 0.6) is 0 Å². The number of ether oxygens (including phenoxy) is 1. The van der Waals surface area contributed by atoms with E-state index in [1.54, 1.807) is 31.5 Å². The molecule has 0 atom stereocenters. The van der Waals surface area contributed by atoms with Gasteiger partial charge in [0, 0.05) is 49.6 Å². The lowest BCUT2D eigenvalue weighted by atomic mass is 10.0. The third-order valence-corrected chi connectivity index (χ3v) is 6.12. The maximum Gasteiger partial charge on any atom is 0.323 e. The minimum Gasteiger partial charge on any atom is -0.378 e. The van der Waals surface area contributed by atoms with Crippen LogP contribution in [0.1, 0.15) is 18.2 Å². The van der Waals surface area contributed by atoms with Crippen LogP contribution in [0.4, 0.5) is 22.0 Å². The molecule has 3 aromatic rings. The quantitative estimate of drug-likeness (QED) is 0.599. The fourth-order valence-corrected chi connectivity index (χ4v) is 4.28. The fraction of sp³-hybridized carbons (Fsp3) is 0.320. The summed E-state index contributed by atoms with van der Waals surface area (Å²) in [5, 5.41) is 5.56. The molecule has 10 heteroatoms. The van der Waals surface area contributed by atoms with Gasteiger partial charge in [0.15, 0.2) is 5.82 Å². The normalized spacial score (nSPS) is 15.3. The van der Waals surface area contributed by atoms with Crippen molar-refractivity contribution < 1.29 is 14.3 Å². The number of anilines is 3. The monoisotopic (exact) mass is 473 g/mol. The van der Waals surface area contributed by atoms with E-state index in [9.17, 15) is 9.59 Å². The molecule has 2 aliphatic rings. The first-order valence-electron chi connectivity index (χ1n) is 11.6. The highest BCUT2D eigenvalue weighted by Gasteiger charge is 2.27. The van der Waals surface area contributed by atoms with Crippen molar-refractivity contribution >= 4 is 29.1 Å². The van der Waals surface area contributed by atoms with E-state index in [-0.39, 0.29) is 11.9 Å². The van der Waals surface area contributed by atoms with E-state index in [1.165, 1.54) is 0 Å². The Labute approximate surface area is 203 Å². The summed E-state index contributed by atoms with van der Waals surface area (Å²) in [7, 11) is 0. The van der Waals surface area contributed by atoms with Crippen LogP contribution >= 0.6 is 0 Å². The molecule has 0 radical (unpaired) electrons. The molecule has 2 aromatic heterocycles. The lowest BCUT2D eigenvalue weighted by Crippen LogP contribution is -2.40. The molecule has 35 heavy (non-hydrogen) atoms. The predicted octanol–water partition coefficient (Wildman–Crippen LogP) is 2.92. The Morgan fingerprint density at radius 1 is 0.971 bits per heavy atom. The molecule has 5 rings (SSSR count). The van der Waals surface area contributed by atoms with Crippen molar-refractivity contribution in [3.63, 3.8) is 0 Å². The third-order valence-electron chi connectivity index (χ3n) is 6.12. The van der Waals surface area contributed by atoms with Gasteiger partial charge in [0.05, 0.1) is 37.3 Å². The van der Waals surface area contributed by atoms with Crippen molar-refractivity contribution in [2.45, 2.75) is 19.9 Å². The maximum absolute atomic E-state index is 12.3. The Kier molecular flexibility index (Phi) is 6.53. The summed E-state index contributed by atoms with van der Waals surface area (Å²) in [5.74, 6) is 1.57. The molecule has 180 valence electrons. The summed E-state index contributed by atoms with van der Waals surface area (Å²) in [6.45, 7) is 5.61. The molecule has 4 heterocycles. The van der Waals surface area contributed by atoms with E-state index in [0.29, 0.717) is 43.5 Å². The number of rotatable bonds is 4. The Hall–Kier alpha value is -4.05. The summed E-state index contributed by atoms with van der Waals surface area (Å²) in [6.07, 6.45) is 3.96. The molecule has 1 saturated heterocycles. The van der Waals surface area contributed by atoms with Crippen molar-refractivity contribution in [1.29, 1.82) is 0 Å². The molecular formula is C25H27N7O3. The van der Waals surface area contributed by atoms with Crippen LogP contribution in [0.15, 0.2) is 48.8 Å². The number of carbonyl (C=O) groups is 2. The minimum atomic E-state index is -0.352. The van der Waals surface area contributed by atoms with E-state index in [2.05, 4.69) is 20.5 Å². The van der Waals surface area contributed by atoms with Gasteiger partial charge < -0.3 is 25.2 Å². The highest BCUT2D eigenvalue weighted by atomic mass is 16.5. The topological polar surface area (TPSA) is 113 Å². The SMILES string of the molecule is CC(=O)N1CCc2c(nc(-c3ccc(NC(=O)Nc4cccnc4)cc3)nc2N2CCOCC2)C1. The lowest BCUT2D eigenvalue weighted by Gasteiger charge is -2.34. The zero-order chi connectivity index (χ0) is 24.2. The number of pyridine rings is 1. The Morgan fingerprint density at radius 2 is 1.74 bits per heavy atom. The number of fused-ring (bicyclic) bond motifs is 1. The van der Waals surface area contributed by atoms with Crippen LogP contribution < -0.4 is 15.5 Å². The number of hydrogen-bond donors (Lipinski definition) is 2. The zero-order valence-corrected chi connectivity index (χ0v) is 19.5. The molecule has 10 nitrogen and oxygen atoms in total. The average Bonchev–Trinajstić information content (AvgIpc) is 2.89. The minimum absolute atomic E-state index is 0.0451. The summed E-state index contributed by atoms with van der Waals surface area (Å²) >= 11 is 0. The number of amides is 3. The second kappa shape index (κ2) is 10.1. The number of nitrogens with zero attached hydrogens (tertiary/aromatic N) is 5. The first-order chi connectivity index (χ1) is 17.1. The summed E-state index contributed by atoms with van der Waals surface area (Å²) in [6, 6.07) is 10.6. The van der Waals surface area contributed by atoms with Gasteiger partial charge in [0.2, 0.25) is 5.91 Å². The number of benzene rings is 1. The Morgan fingerprint density at radius 3 is 2.46 bits per heavy atom. The zero-order valence-electron chi connectivity index (χ0n) is 19.5. The molecule has 2 N–H and O–H groups in total. The van der Waals surface area contributed by atoms with Crippen molar-refractivity contribution in [3.05, 3.63) is 60.0 Å². The molecule has 0 aliphatic carbocycles. The van der Waals surface area contributed by atoms with Crippen LogP contribution in [0.2, 0.25) is 0 Å². The highest BCUT2D eigenvalue weighted by Crippen LogP contribution is 2.30. The number of carbonyl (C=O) groups excluding carboxylic acids is 2. The van der Waals surface area contributed by atoms with Gasteiger partial charge in [-0.05, 0) is 42.8 Å². The summed E-state index contributed by atoms with van der Waals surface area (Å²) in [5.41, 5.74) is 4.08. The van der Waals surface area contributed by atoms with Gasteiger partial charge in [-0.2, -0.15) is 0 Å². The van der Waals surface area contributed by atoms with Gasteiger partial charge in [-0.1, -0.05) is 0 Å². The lowest BCUT2D eigenvalue weighted by molar-refractivity contribution is -0.129. The molecule has 0 saturated carbocycles. The smallest absolute Gasteiger partial charge is 0.323 e. The van der Waals surface area contributed by atoms with Crippen LogP contribution in [-0.2, 0) is 22.5 Å². The number of nitrogens with one attached hydrogen (secondary N) is 2. The van der Waals surface area contributed by atoms with E-state index in [1.807, 2.05) is 29.2 Å². The first kappa shape index (κ1) is 22.7. The van der Waals surface area contributed by atoms with Crippen LogP contribution in [0, 0.1) is 0 Å². The van der Waals surface area contributed by atoms with Crippen LogP contribution in [-0.4, -0.2) is 64.6 Å². The third kappa shape index (κ3) is 5.22. The molecule has 3 amide bonds. The molecule has 0 bridgehead atoms. The average molecular weight is 474 g/mol. The summed E-state index contributed by atoms with van der Waals surface area (Å²) in [4.78, 5) is 42.1. The fourth-order valence-electron chi connectivity index (χ4n) is 4.28. The molecule has 0 spiro atoms. The number of hydrogen-bond acceptors (Lipinski definition) is 7. The van der Waals surface area contributed by atoms with Gasteiger partial charge >= 0.3 is 6.03 Å². The van der Waals surface area contributed by atoms with E-state index in [4.69, 9.17) is 14.7 Å². The van der Waals surface area contributed by atoms with E-state index < -0.39 is 0 Å². The van der Waals surface area contributed by atoms with Crippen molar-refractivity contribution in [2.75, 3.05) is 48.4 Å². The van der Waals surface area contributed by atoms with Crippen LogP contribution in [0.25, 0.3) is 11.4 Å². The van der Waals surface area contributed by atoms with Gasteiger partial charge in [-0.25, -0.2) is 14.8 Å². The molecular weight excluding hydrogens is 446 g/mol. The standard InChI is InChI=1S/C25H27N7O3/c1-17(33)32-10-8-21-22(16-32)29-23(30-24(21)31-11-13-35-14-12-31)18-4-6-19(7-5-18)27-25(34)28-20-3-2-9-26-15-20/h2-7,9,15H,8,10-14,16H2,1H3,(H2,27,28,34). The number of urea groups is 1. The largest absolute Gasteiger partial charge is 0.378 e. The Bertz CT molecular complexity index is 1210. The highest BCUT2D eigenvalue weighted by molar-refractivity contribution is 5.99. The number of morpholine rings is 1. The van der Waals surface area contributed by atoms with Gasteiger partial charge in [0.25, 0.3) is 0 Å². The van der Waals surface area contributed by atoms with Gasteiger partial charge in [-0.15, -0.1) is 0 Å². The van der Waals surface area contributed by atoms with E-state index in [0.717, 1.165) is 42.1 Å². The van der Waals surface area contributed by atoms with Crippen molar-refractivity contribution in [3.8, 4) is 11.4 Å². The number of aromatic nitrogens is 3. The molecule has 1 aromatic carbocycles. The molecule has 0 unspecified atom stereocenters.